The number of nitrogens with zero attached hydrogens (tertiary/aromatic N) is 4. The zero-order chi connectivity index (χ0) is 20.2. The first-order valence-electron chi connectivity index (χ1n) is 9.00. The Bertz CT molecular complexity index is 1120. The van der Waals surface area contributed by atoms with E-state index >= 15 is 0 Å². The van der Waals surface area contributed by atoms with Gasteiger partial charge in [-0.25, -0.2) is 4.98 Å². The molecular weight excluding hydrogens is 402 g/mol. The number of hydrogen-bond acceptors (Lipinski definition) is 6. The number of carbonyl (C=O) groups excluding carboxylic acids is 1. The van der Waals surface area contributed by atoms with Gasteiger partial charge in [0.15, 0.2) is 16.1 Å². The summed E-state index contributed by atoms with van der Waals surface area (Å²) in [5, 5.41) is 14.6. The average molecular weight is 422 g/mol. The van der Waals surface area contributed by atoms with Crippen LogP contribution in [0.25, 0.3) is 22.6 Å². The Morgan fingerprint density at radius 3 is 2.59 bits per heavy atom. The summed E-state index contributed by atoms with van der Waals surface area (Å²) in [6.45, 7) is 2.05. The number of hydrogen-bond donors (Lipinski definition) is 1. The normalized spacial score (nSPS) is 10.8. The van der Waals surface area contributed by atoms with E-state index in [0.717, 1.165) is 22.6 Å². The second kappa shape index (κ2) is 8.59. The largest absolute Gasteiger partial charge is 0.305 e. The quantitative estimate of drug-likeness (QED) is 0.459. The van der Waals surface area contributed by atoms with Crippen LogP contribution in [-0.4, -0.2) is 31.4 Å². The Morgan fingerprint density at radius 2 is 1.83 bits per heavy atom. The van der Waals surface area contributed by atoms with Gasteiger partial charge in [0, 0.05) is 23.6 Å². The Morgan fingerprint density at radius 1 is 1.07 bits per heavy atom. The van der Waals surface area contributed by atoms with E-state index in [1.54, 1.807) is 0 Å². The second-order valence-electron chi connectivity index (χ2n) is 6.47. The molecule has 0 unspecified atom stereocenters. The first kappa shape index (κ1) is 19.4. The molecule has 2 aromatic carbocycles. The second-order valence-corrected chi connectivity index (χ2v) is 8.27. The van der Waals surface area contributed by atoms with Crippen molar-refractivity contribution in [3.8, 4) is 22.6 Å². The smallest absolute Gasteiger partial charge is 0.236 e. The van der Waals surface area contributed by atoms with Gasteiger partial charge in [0.05, 0.1) is 11.4 Å². The van der Waals surface area contributed by atoms with Crippen molar-refractivity contribution in [2.45, 2.75) is 12.1 Å². The van der Waals surface area contributed by atoms with Crippen LogP contribution in [0.1, 0.15) is 5.56 Å². The summed E-state index contributed by atoms with van der Waals surface area (Å²) in [5.74, 6) is 0.893. The highest BCUT2D eigenvalue weighted by Crippen LogP contribution is 2.26. The van der Waals surface area contributed by atoms with E-state index in [-0.39, 0.29) is 11.7 Å². The molecule has 0 bridgehead atoms. The van der Waals surface area contributed by atoms with Crippen molar-refractivity contribution in [1.29, 1.82) is 0 Å². The first-order valence-corrected chi connectivity index (χ1v) is 10.9. The van der Waals surface area contributed by atoms with Gasteiger partial charge in [0.25, 0.3) is 0 Å². The maximum atomic E-state index is 12.3. The van der Waals surface area contributed by atoms with Gasteiger partial charge in [0.2, 0.25) is 5.91 Å². The summed E-state index contributed by atoms with van der Waals surface area (Å²) in [5.41, 5.74) is 4.08. The molecule has 0 radical (unpaired) electrons. The molecule has 0 aliphatic carbocycles. The predicted octanol–water partition coefficient (Wildman–Crippen LogP) is 4.64. The molecule has 146 valence electrons. The number of rotatable bonds is 6. The van der Waals surface area contributed by atoms with Gasteiger partial charge in [0.1, 0.15) is 0 Å². The van der Waals surface area contributed by atoms with Crippen molar-refractivity contribution >= 4 is 34.1 Å². The lowest BCUT2D eigenvalue weighted by Gasteiger charge is -2.04. The molecule has 0 saturated heterocycles. The van der Waals surface area contributed by atoms with Gasteiger partial charge < -0.3 is 9.88 Å². The fraction of sp³-hybridized carbons (Fsp3) is 0.143. The molecule has 29 heavy (non-hydrogen) atoms. The topological polar surface area (TPSA) is 72.7 Å². The predicted molar refractivity (Wildman–Crippen MR) is 118 cm³/mol. The van der Waals surface area contributed by atoms with Crippen molar-refractivity contribution in [3.63, 3.8) is 0 Å². The standard InChI is InChI=1S/C21H19N5OS2/c1-14-8-10-16(11-9-14)19-24-25-21(26(19)2)29-13-18(27)23-20-22-17(12-28-20)15-6-4-3-5-7-15/h3-12H,13H2,1-2H3,(H,22,23,27). The molecule has 0 spiro atoms. The van der Waals surface area contributed by atoms with E-state index in [4.69, 9.17) is 0 Å². The van der Waals surface area contributed by atoms with Crippen LogP contribution in [0.4, 0.5) is 5.13 Å². The molecule has 0 aliphatic heterocycles. The third-order valence-corrected chi connectivity index (χ3v) is 6.08. The Labute approximate surface area is 177 Å². The monoisotopic (exact) mass is 421 g/mol. The number of nitrogens with one attached hydrogen (secondary N) is 1. The number of carbonyl (C=O) groups is 1. The Balaban J connectivity index is 1.37. The zero-order valence-corrected chi connectivity index (χ0v) is 17.6. The van der Waals surface area contributed by atoms with Crippen molar-refractivity contribution in [3.05, 3.63) is 65.5 Å². The lowest BCUT2D eigenvalue weighted by atomic mass is 10.1. The van der Waals surface area contributed by atoms with E-state index in [1.165, 1.54) is 28.7 Å². The van der Waals surface area contributed by atoms with Crippen LogP contribution in [0.2, 0.25) is 0 Å². The van der Waals surface area contributed by atoms with E-state index in [0.29, 0.717) is 10.3 Å². The average Bonchev–Trinajstić information content (AvgIpc) is 3.35. The van der Waals surface area contributed by atoms with Gasteiger partial charge in [-0.05, 0) is 6.92 Å². The van der Waals surface area contributed by atoms with Gasteiger partial charge >= 0.3 is 0 Å². The Hall–Kier alpha value is -2.97. The van der Waals surface area contributed by atoms with Gasteiger partial charge in [-0.15, -0.1) is 21.5 Å². The van der Waals surface area contributed by atoms with Crippen molar-refractivity contribution in [2.24, 2.45) is 7.05 Å². The third-order valence-electron chi connectivity index (χ3n) is 4.30. The molecule has 1 amide bonds. The summed E-state index contributed by atoms with van der Waals surface area (Å²) in [6.07, 6.45) is 0. The maximum Gasteiger partial charge on any atom is 0.236 e. The summed E-state index contributed by atoms with van der Waals surface area (Å²) < 4.78 is 1.90. The molecule has 4 rings (SSSR count). The van der Waals surface area contributed by atoms with E-state index < -0.39 is 0 Å². The van der Waals surface area contributed by atoms with Crippen LogP contribution < -0.4 is 5.32 Å². The molecule has 8 heteroatoms. The molecule has 0 aliphatic rings. The summed E-state index contributed by atoms with van der Waals surface area (Å²) >= 11 is 2.76. The highest BCUT2D eigenvalue weighted by Gasteiger charge is 2.14. The van der Waals surface area contributed by atoms with Crippen LogP contribution in [0.3, 0.4) is 0 Å². The van der Waals surface area contributed by atoms with Crippen LogP contribution in [0.5, 0.6) is 0 Å². The van der Waals surface area contributed by atoms with Gasteiger partial charge in [-0.3, -0.25) is 4.79 Å². The minimum atomic E-state index is -0.121. The molecule has 4 aromatic rings. The number of amides is 1. The molecule has 6 nitrogen and oxygen atoms in total. The highest BCUT2D eigenvalue weighted by atomic mass is 32.2. The fourth-order valence-corrected chi connectivity index (χ4v) is 4.20. The summed E-state index contributed by atoms with van der Waals surface area (Å²) in [4.78, 5) is 16.8. The lowest BCUT2D eigenvalue weighted by molar-refractivity contribution is -0.113. The van der Waals surface area contributed by atoms with Crippen LogP contribution in [-0.2, 0) is 11.8 Å². The molecule has 0 fully saturated rings. The van der Waals surface area contributed by atoms with Crippen molar-refractivity contribution < 1.29 is 4.79 Å². The third kappa shape index (κ3) is 4.55. The maximum absolute atomic E-state index is 12.3. The number of anilines is 1. The van der Waals surface area contributed by atoms with E-state index in [9.17, 15) is 4.79 Å². The molecule has 0 atom stereocenters. The van der Waals surface area contributed by atoms with Crippen molar-refractivity contribution in [2.75, 3.05) is 11.1 Å². The van der Waals surface area contributed by atoms with Gasteiger partial charge in [-0.1, -0.05) is 71.9 Å². The molecule has 2 heterocycles. The van der Waals surface area contributed by atoms with E-state index in [2.05, 4.69) is 20.5 Å². The lowest BCUT2D eigenvalue weighted by Crippen LogP contribution is -2.14. The fourth-order valence-electron chi connectivity index (χ4n) is 2.75. The number of aromatic nitrogens is 4. The molecule has 2 aromatic heterocycles. The SMILES string of the molecule is Cc1ccc(-c2nnc(SCC(=O)Nc3nc(-c4ccccc4)cs3)n2C)cc1. The number of thioether (sulfide) groups is 1. The van der Waals surface area contributed by atoms with Crippen LogP contribution in [0.15, 0.2) is 65.1 Å². The molecule has 1 N–H and O–H groups in total. The molecular formula is C21H19N5OS2. The minimum Gasteiger partial charge on any atom is -0.305 e. The van der Waals surface area contributed by atoms with E-state index in [1.807, 2.05) is 78.5 Å². The highest BCUT2D eigenvalue weighted by molar-refractivity contribution is 7.99. The summed E-state index contributed by atoms with van der Waals surface area (Å²) in [6, 6.07) is 18.0. The van der Waals surface area contributed by atoms with Gasteiger partial charge in [-0.2, -0.15) is 0 Å². The first-order chi connectivity index (χ1) is 14.1. The Kier molecular flexibility index (Phi) is 5.73. The number of aryl methyl sites for hydroxylation is 1. The molecule has 0 saturated carbocycles. The number of thiazole rings is 1. The van der Waals surface area contributed by atoms with Crippen LogP contribution >= 0.6 is 23.1 Å². The van der Waals surface area contributed by atoms with Crippen LogP contribution in [0, 0.1) is 6.92 Å². The zero-order valence-electron chi connectivity index (χ0n) is 16.0. The minimum absolute atomic E-state index is 0.121. The summed E-state index contributed by atoms with van der Waals surface area (Å²) in [7, 11) is 1.91. The number of benzene rings is 2. The van der Waals surface area contributed by atoms with Crippen molar-refractivity contribution in [1.82, 2.24) is 19.7 Å².